The fourth-order valence-corrected chi connectivity index (χ4v) is 0.824. The monoisotopic (exact) mass is 175 g/mol. The molecule has 0 atom stereocenters. The third kappa shape index (κ3) is 11.4. The number of rotatable bonds is 3. The second-order valence-corrected chi connectivity index (χ2v) is 3.72. The fraction of sp³-hybridized carbons (Fsp3) is 0.667. The van der Waals surface area contributed by atoms with Gasteiger partial charge in [0.05, 0.1) is 0 Å². The topological polar surface area (TPSA) is 98.0 Å². The fourth-order valence-electron chi connectivity index (χ4n) is 0.275. The van der Waals surface area contributed by atoms with Gasteiger partial charge in [-0.05, 0) is 0 Å². The van der Waals surface area contributed by atoms with Crippen molar-refractivity contribution in [3.05, 3.63) is 0 Å². The summed E-state index contributed by atoms with van der Waals surface area (Å²) in [5.41, 5.74) is 0. The number of carboxylic acids is 1. The van der Waals surface area contributed by atoms with E-state index in [0.717, 1.165) is 0 Å². The second-order valence-electron chi connectivity index (χ2n) is 1.67. The molecule has 1 radical (unpaired) electrons. The van der Waals surface area contributed by atoms with E-state index < -0.39 is 27.2 Å². The zero-order chi connectivity index (χ0) is 7.49. The number of aliphatic carboxylic acids is 1. The summed E-state index contributed by atoms with van der Waals surface area (Å²) in [5.74, 6) is -1.15. The van der Waals surface area contributed by atoms with Crippen LogP contribution >= 0.6 is 0 Å². The second kappa shape index (κ2) is 5.25. The van der Waals surface area contributed by atoms with Crippen molar-refractivity contribution in [3.63, 3.8) is 0 Å². The Labute approximate surface area is 81.0 Å². The van der Waals surface area contributed by atoms with Crippen LogP contribution in [0.5, 0.6) is 0 Å². The quantitative estimate of drug-likeness (QED) is 0.372. The molecule has 0 aromatic carbocycles. The smallest absolute Gasteiger partial charge is 0.481 e. The molecule has 55 valence electrons. The molecule has 0 aromatic rings. The first-order valence-electron chi connectivity index (χ1n) is 2.31. The number of hydrogen-bond donors (Lipinski definition) is 4. The van der Waals surface area contributed by atoms with Gasteiger partial charge in [-0.2, -0.15) is 0 Å². The van der Waals surface area contributed by atoms with E-state index in [2.05, 4.69) is 0 Å². The van der Waals surface area contributed by atoms with Crippen LogP contribution in [0.2, 0.25) is 6.04 Å². The third-order valence-corrected chi connectivity index (χ3v) is 1.60. The van der Waals surface area contributed by atoms with Crippen LogP contribution in [0.3, 0.4) is 0 Å². The Morgan fingerprint density at radius 2 is 1.70 bits per heavy atom. The molecule has 0 amide bonds. The average molecular weight is 175 g/mol. The van der Waals surface area contributed by atoms with Crippen molar-refractivity contribution in [2.45, 2.75) is 12.5 Å². The Bertz CT molecular complexity index is 110. The molecule has 0 aliphatic heterocycles. The van der Waals surface area contributed by atoms with Crippen LogP contribution < -0.4 is 0 Å². The van der Waals surface area contributed by atoms with Gasteiger partial charge < -0.3 is 19.5 Å². The van der Waals surface area contributed by atoms with Crippen molar-refractivity contribution < 1.29 is 24.3 Å². The Kier molecular flexibility index (Phi) is 6.92. The molecule has 10 heavy (non-hydrogen) atoms. The summed E-state index contributed by atoms with van der Waals surface area (Å²) in [5, 5.41) is 7.97. The van der Waals surface area contributed by atoms with E-state index >= 15 is 0 Å². The van der Waals surface area contributed by atoms with Crippen LogP contribution in [0.15, 0.2) is 0 Å². The van der Waals surface area contributed by atoms with Gasteiger partial charge in [-0.15, -0.1) is 0 Å². The van der Waals surface area contributed by atoms with E-state index in [-0.39, 0.29) is 29.6 Å². The maximum absolute atomic E-state index is 9.73. The molecule has 0 saturated carbocycles. The summed E-state index contributed by atoms with van der Waals surface area (Å²) >= 11 is 0. The van der Waals surface area contributed by atoms with Gasteiger partial charge in [0.2, 0.25) is 0 Å². The minimum Gasteiger partial charge on any atom is -0.481 e. The van der Waals surface area contributed by atoms with E-state index in [9.17, 15) is 4.79 Å². The van der Waals surface area contributed by atoms with Gasteiger partial charge in [0.25, 0.3) is 0 Å². The summed E-state index contributed by atoms with van der Waals surface area (Å²) in [4.78, 5) is 34.5. The predicted octanol–water partition coefficient (Wildman–Crippen LogP) is -2.00. The Hall–Kier alpha value is 0.567. The zero-order valence-electron chi connectivity index (χ0n) is 5.61. The van der Waals surface area contributed by atoms with E-state index in [0.29, 0.717) is 0 Å². The van der Waals surface area contributed by atoms with Gasteiger partial charge in [0.15, 0.2) is 0 Å². The molecule has 7 heteroatoms. The molecule has 0 heterocycles. The number of carboxylic acid groups (broad SMARTS) is 1. The van der Waals surface area contributed by atoms with Gasteiger partial charge in [0, 0.05) is 42.0 Å². The predicted molar refractivity (Wildman–Crippen MR) is 35.2 cm³/mol. The maximum Gasteiger partial charge on any atom is 0.493 e. The van der Waals surface area contributed by atoms with Gasteiger partial charge >= 0.3 is 14.8 Å². The molecular formula is C3H8NaO5Si. The molecule has 0 saturated heterocycles. The van der Waals surface area contributed by atoms with Crippen LogP contribution in [0, 0.1) is 0 Å². The molecule has 0 spiro atoms. The summed E-state index contributed by atoms with van der Waals surface area (Å²) in [6, 6.07) is -0.442. The molecule has 0 bridgehead atoms. The Morgan fingerprint density at radius 3 is 1.80 bits per heavy atom. The molecule has 0 rings (SSSR count). The normalized spacial score (nSPS) is 10.3. The first kappa shape index (κ1) is 13.2. The molecular weight excluding hydrogens is 167 g/mol. The number of carbonyl (C=O) groups is 1. The van der Waals surface area contributed by atoms with Crippen LogP contribution in [0.1, 0.15) is 6.42 Å². The van der Waals surface area contributed by atoms with Crippen molar-refractivity contribution in [3.8, 4) is 0 Å². The van der Waals surface area contributed by atoms with Crippen molar-refractivity contribution in [2.24, 2.45) is 0 Å². The van der Waals surface area contributed by atoms with Gasteiger partial charge in [-0.25, -0.2) is 0 Å². The van der Waals surface area contributed by atoms with Gasteiger partial charge in [-0.3, -0.25) is 4.79 Å². The van der Waals surface area contributed by atoms with E-state index in [4.69, 9.17) is 19.5 Å². The summed E-state index contributed by atoms with van der Waals surface area (Å²) in [7, 11) is -4.10. The third-order valence-electron chi connectivity index (χ3n) is 0.674. The van der Waals surface area contributed by atoms with Crippen LogP contribution in [0.25, 0.3) is 0 Å². The minimum absolute atomic E-state index is 0. The molecule has 5 nitrogen and oxygen atoms in total. The van der Waals surface area contributed by atoms with Crippen LogP contribution in [0.4, 0.5) is 0 Å². The van der Waals surface area contributed by atoms with Crippen molar-refractivity contribution in [1.82, 2.24) is 0 Å². The van der Waals surface area contributed by atoms with E-state index in [1.165, 1.54) is 0 Å². The summed E-state index contributed by atoms with van der Waals surface area (Å²) in [6.45, 7) is 0. The summed E-state index contributed by atoms with van der Waals surface area (Å²) in [6.07, 6.45) is -0.407. The van der Waals surface area contributed by atoms with Gasteiger partial charge in [0.1, 0.15) is 0 Å². The van der Waals surface area contributed by atoms with Crippen LogP contribution in [-0.4, -0.2) is 63.8 Å². The molecule has 0 aromatic heterocycles. The summed E-state index contributed by atoms with van der Waals surface area (Å²) < 4.78 is 0. The average Bonchev–Trinajstić information content (AvgIpc) is 1.59. The van der Waals surface area contributed by atoms with E-state index in [1.807, 2.05) is 0 Å². The zero-order valence-corrected chi connectivity index (χ0v) is 8.61. The van der Waals surface area contributed by atoms with Crippen molar-refractivity contribution in [1.29, 1.82) is 0 Å². The molecule has 0 aliphatic carbocycles. The van der Waals surface area contributed by atoms with E-state index in [1.54, 1.807) is 0 Å². The molecule has 0 fully saturated rings. The minimum atomic E-state index is -4.10. The molecule has 4 N–H and O–H groups in total. The first-order chi connectivity index (χ1) is 3.92. The van der Waals surface area contributed by atoms with Crippen molar-refractivity contribution >= 4 is 44.3 Å². The Balaban J connectivity index is 0. The number of hydrogen-bond acceptors (Lipinski definition) is 4. The molecule has 0 unspecified atom stereocenters. The first-order valence-corrected chi connectivity index (χ1v) is 4.35. The standard InChI is InChI=1S/C3H8O5Si.Na/c4-3(5)1-2-9(6,7)8;/h6-8H,1-2H2,(H,4,5);. The van der Waals surface area contributed by atoms with Crippen molar-refractivity contribution in [2.75, 3.05) is 0 Å². The van der Waals surface area contributed by atoms with Crippen LogP contribution in [-0.2, 0) is 4.79 Å². The maximum atomic E-state index is 9.73. The molecule has 0 aliphatic rings. The Morgan fingerprint density at radius 1 is 1.30 bits per heavy atom. The van der Waals surface area contributed by atoms with Gasteiger partial charge in [-0.1, -0.05) is 0 Å². The SMILES string of the molecule is O=C(O)CC[Si](O)(O)O.[Na]. The largest absolute Gasteiger partial charge is 0.493 e.